The summed E-state index contributed by atoms with van der Waals surface area (Å²) >= 11 is 0. The van der Waals surface area contributed by atoms with E-state index in [1.807, 2.05) is 0 Å². The molecule has 0 aliphatic heterocycles. The molecule has 96 valence electrons. The Morgan fingerprint density at radius 2 is 2.05 bits per heavy atom. The highest BCUT2D eigenvalue weighted by Crippen LogP contribution is 2.16. The van der Waals surface area contributed by atoms with Crippen molar-refractivity contribution in [1.82, 2.24) is 4.98 Å². The zero-order valence-electron chi connectivity index (χ0n) is 10.4. The molecule has 0 radical (unpaired) electrons. The minimum absolute atomic E-state index is 0.236. The van der Waals surface area contributed by atoms with E-state index in [0.29, 0.717) is 18.0 Å². The second-order valence-corrected chi connectivity index (χ2v) is 3.79. The highest BCUT2D eigenvalue weighted by Gasteiger charge is 2.06. The first-order chi connectivity index (χ1) is 9.29. The maximum absolute atomic E-state index is 11.9. The van der Waals surface area contributed by atoms with Crippen molar-refractivity contribution in [3.63, 3.8) is 0 Å². The third kappa shape index (κ3) is 3.67. The molecule has 4 nitrogen and oxygen atoms in total. The number of carbonyl (C=O) groups is 1. The summed E-state index contributed by atoms with van der Waals surface area (Å²) in [6.07, 6.45) is 3.26. The van der Waals surface area contributed by atoms with Crippen LogP contribution in [0.4, 0.5) is 5.69 Å². The molecule has 0 bridgehead atoms. The van der Waals surface area contributed by atoms with E-state index in [2.05, 4.69) is 16.9 Å². The summed E-state index contributed by atoms with van der Waals surface area (Å²) in [5.41, 5.74) is 1.08. The molecule has 0 aliphatic carbocycles. The van der Waals surface area contributed by atoms with Crippen molar-refractivity contribution < 1.29 is 9.53 Å². The van der Waals surface area contributed by atoms with Crippen LogP contribution in [0.2, 0.25) is 0 Å². The smallest absolute Gasteiger partial charge is 0.274 e. The number of hydrogen-bond donors (Lipinski definition) is 1. The molecule has 1 aromatic heterocycles. The highest BCUT2D eigenvalue weighted by atomic mass is 16.5. The number of pyridine rings is 1. The van der Waals surface area contributed by atoms with Gasteiger partial charge in [-0.1, -0.05) is 18.7 Å². The van der Waals surface area contributed by atoms with Crippen LogP contribution in [0.5, 0.6) is 5.75 Å². The number of aromatic nitrogens is 1. The van der Waals surface area contributed by atoms with Crippen molar-refractivity contribution in [3.8, 4) is 5.75 Å². The van der Waals surface area contributed by atoms with Crippen LogP contribution < -0.4 is 10.1 Å². The van der Waals surface area contributed by atoms with Crippen molar-refractivity contribution in [1.29, 1.82) is 0 Å². The standard InChI is InChI=1S/C15H14N2O2/c1-2-11-19-13-8-6-12(7-9-13)17-15(18)14-5-3-4-10-16-14/h2-10H,1,11H2,(H,17,18). The maximum Gasteiger partial charge on any atom is 0.274 e. The van der Waals surface area contributed by atoms with Crippen molar-refractivity contribution in [3.05, 3.63) is 67.0 Å². The van der Waals surface area contributed by atoms with Crippen LogP contribution in [0.15, 0.2) is 61.3 Å². The lowest BCUT2D eigenvalue weighted by atomic mass is 10.3. The SMILES string of the molecule is C=CCOc1ccc(NC(=O)c2ccccn2)cc1. The number of carbonyl (C=O) groups excluding carboxylic acids is 1. The van der Waals surface area contributed by atoms with Crippen LogP contribution in [-0.2, 0) is 0 Å². The third-order valence-corrected chi connectivity index (χ3v) is 2.38. The van der Waals surface area contributed by atoms with Gasteiger partial charge in [0.1, 0.15) is 18.1 Å². The molecule has 1 N–H and O–H groups in total. The van der Waals surface area contributed by atoms with Gasteiger partial charge in [-0.05, 0) is 36.4 Å². The first kappa shape index (κ1) is 12.8. The zero-order chi connectivity index (χ0) is 13.5. The lowest BCUT2D eigenvalue weighted by Gasteiger charge is -2.06. The van der Waals surface area contributed by atoms with Crippen LogP contribution in [0, 0.1) is 0 Å². The van der Waals surface area contributed by atoms with E-state index in [-0.39, 0.29) is 5.91 Å². The Kier molecular flexibility index (Phi) is 4.29. The van der Waals surface area contributed by atoms with Gasteiger partial charge in [0.05, 0.1) is 0 Å². The summed E-state index contributed by atoms with van der Waals surface area (Å²) in [6.45, 7) is 4.04. The Hall–Kier alpha value is -2.62. The van der Waals surface area contributed by atoms with Gasteiger partial charge >= 0.3 is 0 Å². The number of hydrogen-bond acceptors (Lipinski definition) is 3. The fourth-order valence-electron chi connectivity index (χ4n) is 1.48. The van der Waals surface area contributed by atoms with E-state index in [0.717, 1.165) is 5.75 Å². The number of ether oxygens (including phenoxy) is 1. The van der Waals surface area contributed by atoms with Crippen LogP contribution in [0.1, 0.15) is 10.5 Å². The minimum Gasteiger partial charge on any atom is -0.490 e. The average molecular weight is 254 g/mol. The van der Waals surface area contributed by atoms with Gasteiger partial charge in [-0.2, -0.15) is 0 Å². The molecule has 0 unspecified atom stereocenters. The Bertz CT molecular complexity index is 550. The molecule has 0 saturated carbocycles. The van der Waals surface area contributed by atoms with Crippen LogP contribution in [-0.4, -0.2) is 17.5 Å². The number of nitrogens with one attached hydrogen (secondary N) is 1. The van der Waals surface area contributed by atoms with E-state index in [1.54, 1.807) is 54.7 Å². The van der Waals surface area contributed by atoms with E-state index in [1.165, 1.54) is 0 Å². The van der Waals surface area contributed by atoms with Gasteiger partial charge in [0.25, 0.3) is 5.91 Å². The van der Waals surface area contributed by atoms with Crippen LogP contribution in [0.3, 0.4) is 0 Å². The van der Waals surface area contributed by atoms with Gasteiger partial charge in [-0.25, -0.2) is 0 Å². The molecule has 0 aliphatic rings. The first-order valence-electron chi connectivity index (χ1n) is 5.86. The summed E-state index contributed by atoms with van der Waals surface area (Å²) in [6, 6.07) is 12.3. The normalized spacial score (nSPS) is 9.68. The highest BCUT2D eigenvalue weighted by molar-refractivity contribution is 6.02. The monoisotopic (exact) mass is 254 g/mol. The summed E-state index contributed by atoms with van der Waals surface area (Å²) in [7, 11) is 0. The number of rotatable bonds is 5. The molecule has 1 aromatic carbocycles. The molecule has 0 saturated heterocycles. The second kappa shape index (κ2) is 6.35. The lowest BCUT2D eigenvalue weighted by molar-refractivity contribution is 0.102. The molecular formula is C15H14N2O2. The summed E-state index contributed by atoms with van der Waals surface area (Å²) in [5.74, 6) is 0.496. The molecule has 2 aromatic rings. The molecule has 19 heavy (non-hydrogen) atoms. The Labute approximate surface area is 111 Å². The molecule has 0 fully saturated rings. The van der Waals surface area contributed by atoms with E-state index >= 15 is 0 Å². The largest absolute Gasteiger partial charge is 0.490 e. The predicted molar refractivity (Wildman–Crippen MR) is 74.3 cm³/mol. The molecule has 1 amide bonds. The zero-order valence-corrected chi connectivity index (χ0v) is 10.4. The number of nitrogens with zero attached hydrogens (tertiary/aromatic N) is 1. The lowest BCUT2D eigenvalue weighted by Crippen LogP contribution is -2.13. The molecular weight excluding hydrogens is 240 g/mol. The molecule has 0 atom stereocenters. The number of anilines is 1. The number of benzene rings is 1. The van der Waals surface area contributed by atoms with E-state index in [9.17, 15) is 4.79 Å². The molecule has 1 heterocycles. The average Bonchev–Trinajstić information content (AvgIpc) is 2.47. The van der Waals surface area contributed by atoms with E-state index < -0.39 is 0 Å². The van der Waals surface area contributed by atoms with Gasteiger partial charge < -0.3 is 10.1 Å². The van der Waals surface area contributed by atoms with Crippen molar-refractivity contribution in [2.24, 2.45) is 0 Å². The van der Waals surface area contributed by atoms with Crippen molar-refractivity contribution in [2.75, 3.05) is 11.9 Å². The summed E-state index contributed by atoms with van der Waals surface area (Å²) < 4.78 is 5.36. The van der Waals surface area contributed by atoms with Crippen molar-refractivity contribution >= 4 is 11.6 Å². The maximum atomic E-state index is 11.9. The van der Waals surface area contributed by atoms with Crippen LogP contribution >= 0.6 is 0 Å². The molecule has 4 heteroatoms. The van der Waals surface area contributed by atoms with Crippen LogP contribution in [0.25, 0.3) is 0 Å². The Morgan fingerprint density at radius 1 is 1.26 bits per heavy atom. The summed E-state index contributed by atoms with van der Waals surface area (Å²) in [4.78, 5) is 15.8. The number of amides is 1. The van der Waals surface area contributed by atoms with E-state index in [4.69, 9.17) is 4.74 Å². The first-order valence-corrected chi connectivity index (χ1v) is 5.86. The summed E-state index contributed by atoms with van der Waals surface area (Å²) in [5, 5.41) is 2.76. The Morgan fingerprint density at radius 3 is 2.68 bits per heavy atom. The quantitative estimate of drug-likeness (QED) is 0.835. The predicted octanol–water partition coefficient (Wildman–Crippen LogP) is 2.90. The van der Waals surface area contributed by atoms with Gasteiger partial charge in [-0.15, -0.1) is 0 Å². The fraction of sp³-hybridized carbons (Fsp3) is 0.0667. The van der Waals surface area contributed by atoms with Gasteiger partial charge in [0, 0.05) is 11.9 Å². The minimum atomic E-state index is -0.236. The molecule has 2 rings (SSSR count). The molecule has 0 spiro atoms. The van der Waals surface area contributed by atoms with Gasteiger partial charge in [0.15, 0.2) is 0 Å². The van der Waals surface area contributed by atoms with Gasteiger partial charge in [-0.3, -0.25) is 9.78 Å². The van der Waals surface area contributed by atoms with Gasteiger partial charge in [0.2, 0.25) is 0 Å². The third-order valence-electron chi connectivity index (χ3n) is 2.38. The Balaban J connectivity index is 1.99. The van der Waals surface area contributed by atoms with Crippen molar-refractivity contribution in [2.45, 2.75) is 0 Å². The fourth-order valence-corrected chi connectivity index (χ4v) is 1.48. The topological polar surface area (TPSA) is 51.2 Å². The second-order valence-electron chi connectivity index (χ2n) is 3.79.